The van der Waals surface area contributed by atoms with E-state index in [-0.39, 0.29) is 36.6 Å². The quantitative estimate of drug-likeness (QED) is 0.580. The summed E-state index contributed by atoms with van der Waals surface area (Å²) < 4.78 is 43.8. The number of rotatable bonds is 6. The number of anilines is 1. The maximum absolute atomic E-state index is 14.1. The molecule has 9 heteroatoms. The molecule has 2 aromatic carbocycles. The van der Waals surface area contributed by atoms with Crippen molar-refractivity contribution in [2.24, 2.45) is 0 Å². The second-order valence-corrected chi connectivity index (χ2v) is 7.49. The summed E-state index contributed by atoms with van der Waals surface area (Å²) in [5.74, 6) is -0.453. The first-order chi connectivity index (χ1) is 14.9. The maximum atomic E-state index is 14.1. The Morgan fingerprint density at radius 3 is 2.68 bits per heavy atom. The van der Waals surface area contributed by atoms with Crippen LogP contribution in [0.25, 0.3) is 11.4 Å². The number of methoxy groups -OCH3 is 1. The zero-order valence-electron chi connectivity index (χ0n) is 17.3. The summed E-state index contributed by atoms with van der Waals surface area (Å²) in [6.45, 7) is 4.00. The lowest BCUT2D eigenvalue weighted by Gasteiger charge is -2.16. The average Bonchev–Trinajstić information content (AvgIpc) is 3.35. The third-order valence-electron chi connectivity index (χ3n) is 4.90. The Kier molecular flexibility index (Phi) is 5.58. The minimum atomic E-state index is -0.795. The number of ether oxygens (including phenoxy) is 2. The van der Waals surface area contributed by atoms with Gasteiger partial charge in [-0.1, -0.05) is 5.16 Å². The van der Waals surface area contributed by atoms with E-state index in [1.165, 1.54) is 11.0 Å². The van der Waals surface area contributed by atoms with Crippen LogP contribution in [0.3, 0.4) is 0 Å². The van der Waals surface area contributed by atoms with Crippen molar-refractivity contribution in [3.63, 3.8) is 0 Å². The van der Waals surface area contributed by atoms with Crippen molar-refractivity contribution in [1.82, 2.24) is 10.1 Å². The summed E-state index contributed by atoms with van der Waals surface area (Å²) in [7, 11) is 1.54. The molecule has 3 aromatic rings. The maximum Gasteiger partial charge on any atom is 0.232 e. The second kappa shape index (κ2) is 8.33. The molecule has 1 saturated heterocycles. The molecule has 1 atom stereocenters. The van der Waals surface area contributed by atoms with Gasteiger partial charge in [0.05, 0.1) is 24.8 Å². The summed E-state index contributed by atoms with van der Waals surface area (Å²) in [6.07, 6.45) is 0.0773. The topological polar surface area (TPSA) is 77.7 Å². The molecular formula is C22H21F2N3O4. The smallest absolute Gasteiger partial charge is 0.232 e. The van der Waals surface area contributed by atoms with Gasteiger partial charge in [0.2, 0.25) is 17.6 Å². The number of halogens is 2. The Bertz CT molecular complexity index is 1120. The highest BCUT2D eigenvalue weighted by Gasteiger charge is 2.36. The van der Waals surface area contributed by atoms with E-state index in [0.717, 1.165) is 12.1 Å². The van der Waals surface area contributed by atoms with Crippen molar-refractivity contribution in [3.8, 4) is 22.9 Å². The van der Waals surface area contributed by atoms with Crippen LogP contribution in [0, 0.1) is 11.6 Å². The highest BCUT2D eigenvalue weighted by atomic mass is 19.1. The van der Waals surface area contributed by atoms with Crippen molar-refractivity contribution >= 4 is 11.6 Å². The van der Waals surface area contributed by atoms with Crippen molar-refractivity contribution in [2.75, 3.05) is 18.6 Å². The van der Waals surface area contributed by atoms with Crippen LogP contribution in [0.2, 0.25) is 0 Å². The zero-order valence-corrected chi connectivity index (χ0v) is 17.3. The molecule has 0 aliphatic carbocycles. The molecule has 7 nitrogen and oxygen atoms in total. The monoisotopic (exact) mass is 429 g/mol. The number of hydrogen-bond donors (Lipinski definition) is 0. The van der Waals surface area contributed by atoms with E-state index in [9.17, 15) is 13.6 Å². The molecule has 1 aromatic heterocycles. The number of carbonyl (C=O) groups excluding carboxylic acids is 1. The Hall–Kier alpha value is -3.49. The van der Waals surface area contributed by atoms with E-state index in [1.807, 2.05) is 13.8 Å². The van der Waals surface area contributed by atoms with Crippen molar-refractivity contribution in [1.29, 1.82) is 0 Å². The first kappa shape index (κ1) is 20.8. The van der Waals surface area contributed by atoms with Crippen LogP contribution < -0.4 is 14.4 Å². The summed E-state index contributed by atoms with van der Waals surface area (Å²) in [4.78, 5) is 18.1. The van der Waals surface area contributed by atoms with E-state index in [1.54, 1.807) is 25.3 Å². The summed E-state index contributed by atoms with van der Waals surface area (Å²) in [6, 6.07) is 8.41. The molecule has 0 radical (unpaired) electrons. The molecule has 1 aliphatic heterocycles. The molecule has 1 fully saturated rings. The molecule has 1 amide bonds. The Morgan fingerprint density at radius 2 is 1.97 bits per heavy atom. The van der Waals surface area contributed by atoms with Crippen LogP contribution in [0.1, 0.15) is 32.1 Å². The van der Waals surface area contributed by atoms with E-state index < -0.39 is 17.6 Å². The molecule has 0 N–H and O–H groups in total. The largest absolute Gasteiger partial charge is 0.493 e. The summed E-state index contributed by atoms with van der Waals surface area (Å²) >= 11 is 0. The van der Waals surface area contributed by atoms with Gasteiger partial charge in [-0.2, -0.15) is 4.98 Å². The van der Waals surface area contributed by atoms with Crippen molar-refractivity contribution in [3.05, 3.63) is 53.9 Å². The first-order valence-electron chi connectivity index (χ1n) is 9.79. The lowest BCUT2D eigenvalue weighted by molar-refractivity contribution is -0.117. The Balaban J connectivity index is 1.55. The minimum Gasteiger partial charge on any atom is -0.493 e. The number of aromatic nitrogens is 2. The van der Waals surface area contributed by atoms with Gasteiger partial charge in [0.25, 0.3) is 0 Å². The van der Waals surface area contributed by atoms with E-state index in [2.05, 4.69) is 10.1 Å². The molecule has 31 heavy (non-hydrogen) atoms. The molecular weight excluding hydrogens is 408 g/mol. The molecule has 1 aliphatic rings. The predicted molar refractivity (Wildman–Crippen MR) is 108 cm³/mol. The second-order valence-electron chi connectivity index (χ2n) is 7.49. The van der Waals surface area contributed by atoms with Crippen LogP contribution in [-0.4, -0.2) is 35.8 Å². The van der Waals surface area contributed by atoms with Gasteiger partial charge in [-0.05, 0) is 44.2 Å². The highest BCUT2D eigenvalue weighted by Crippen LogP contribution is 2.35. The van der Waals surface area contributed by atoms with E-state index in [0.29, 0.717) is 22.9 Å². The van der Waals surface area contributed by atoms with Crippen molar-refractivity contribution in [2.45, 2.75) is 32.3 Å². The molecule has 2 heterocycles. The Labute approximate surface area is 177 Å². The molecule has 0 spiro atoms. The van der Waals surface area contributed by atoms with Crippen LogP contribution in [0.5, 0.6) is 11.5 Å². The zero-order chi connectivity index (χ0) is 22.1. The summed E-state index contributed by atoms with van der Waals surface area (Å²) in [5.41, 5.74) is 0.688. The van der Waals surface area contributed by atoms with Gasteiger partial charge in [-0.25, -0.2) is 8.78 Å². The van der Waals surface area contributed by atoms with Crippen LogP contribution in [-0.2, 0) is 4.79 Å². The number of amides is 1. The van der Waals surface area contributed by atoms with Gasteiger partial charge in [0, 0.05) is 24.6 Å². The molecule has 0 bridgehead atoms. The highest BCUT2D eigenvalue weighted by molar-refractivity contribution is 5.96. The fourth-order valence-corrected chi connectivity index (χ4v) is 3.48. The molecule has 4 rings (SSSR count). The van der Waals surface area contributed by atoms with Crippen LogP contribution in [0.15, 0.2) is 40.9 Å². The van der Waals surface area contributed by atoms with Gasteiger partial charge in [0.15, 0.2) is 11.5 Å². The van der Waals surface area contributed by atoms with Crippen LogP contribution >= 0.6 is 0 Å². The van der Waals surface area contributed by atoms with Gasteiger partial charge >= 0.3 is 0 Å². The standard InChI is InChI=1S/C22H21F2N3O4/c1-12(2)30-18-7-4-13(8-19(18)29-3)21-25-22(31-26-21)14-9-20(28)27(11-14)17-6-5-15(23)10-16(17)24/h4-8,10,12,14H,9,11H2,1-3H3. The number of nitrogens with zero attached hydrogens (tertiary/aromatic N) is 3. The van der Waals surface area contributed by atoms with E-state index in [4.69, 9.17) is 14.0 Å². The van der Waals surface area contributed by atoms with Gasteiger partial charge in [-0.15, -0.1) is 0 Å². The first-order valence-corrected chi connectivity index (χ1v) is 9.79. The fraction of sp³-hybridized carbons (Fsp3) is 0.318. The lowest BCUT2D eigenvalue weighted by atomic mass is 10.1. The third kappa shape index (κ3) is 4.21. The van der Waals surface area contributed by atoms with Gasteiger partial charge in [0.1, 0.15) is 11.6 Å². The van der Waals surface area contributed by atoms with E-state index >= 15 is 0 Å². The van der Waals surface area contributed by atoms with Gasteiger partial charge in [-0.3, -0.25) is 4.79 Å². The number of benzene rings is 2. The predicted octanol–water partition coefficient (Wildman–Crippen LogP) is 4.33. The molecule has 162 valence electrons. The normalized spacial score (nSPS) is 16.3. The minimum absolute atomic E-state index is 0.00896. The summed E-state index contributed by atoms with van der Waals surface area (Å²) in [5, 5.41) is 4.01. The fourth-order valence-electron chi connectivity index (χ4n) is 3.48. The Morgan fingerprint density at radius 1 is 1.16 bits per heavy atom. The lowest BCUT2D eigenvalue weighted by Crippen LogP contribution is -2.25. The number of carbonyl (C=O) groups is 1. The number of hydrogen-bond acceptors (Lipinski definition) is 6. The SMILES string of the molecule is COc1cc(-c2noc(C3CC(=O)N(c4ccc(F)cc4F)C3)n2)ccc1OC(C)C. The van der Waals surface area contributed by atoms with Gasteiger partial charge < -0.3 is 18.9 Å². The molecule has 1 unspecified atom stereocenters. The van der Waals surface area contributed by atoms with Crippen molar-refractivity contribution < 1.29 is 27.6 Å². The van der Waals surface area contributed by atoms with Crippen LogP contribution in [0.4, 0.5) is 14.5 Å². The average molecular weight is 429 g/mol. The third-order valence-corrected chi connectivity index (χ3v) is 4.90. The molecule has 0 saturated carbocycles.